The van der Waals surface area contributed by atoms with E-state index < -0.39 is 23.3 Å². The minimum absolute atomic E-state index is 0.102. The maximum Gasteiger partial charge on any atom is 0.262 e. The molecule has 0 unspecified atom stereocenters. The van der Waals surface area contributed by atoms with Gasteiger partial charge in [-0.1, -0.05) is 30.1 Å². The van der Waals surface area contributed by atoms with Crippen LogP contribution in [0.2, 0.25) is 10.0 Å². The molecule has 1 aromatic heterocycles. The Morgan fingerprint density at radius 2 is 1.87 bits per heavy atom. The highest BCUT2D eigenvalue weighted by atomic mass is 35.5. The summed E-state index contributed by atoms with van der Waals surface area (Å²) in [6, 6.07) is 5.08. The van der Waals surface area contributed by atoms with Crippen LogP contribution in [0.25, 0.3) is 10.9 Å². The van der Waals surface area contributed by atoms with Gasteiger partial charge in [0.25, 0.3) is 5.91 Å². The number of phenolic OH excluding ortho intramolecular Hbond substituents is 1. The molecule has 0 saturated carbocycles. The summed E-state index contributed by atoms with van der Waals surface area (Å²) in [4.78, 5) is 25.4. The quantitative estimate of drug-likeness (QED) is 0.569. The molecule has 1 amide bonds. The van der Waals surface area contributed by atoms with Crippen molar-refractivity contribution in [1.29, 1.82) is 0 Å². The van der Waals surface area contributed by atoms with Gasteiger partial charge < -0.3 is 10.4 Å². The van der Waals surface area contributed by atoms with Gasteiger partial charge in [-0.15, -0.1) is 0 Å². The summed E-state index contributed by atoms with van der Waals surface area (Å²) in [5.74, 6) is -4.61. The van der Waals surface area contributed by atoms with E-state index in [1.165, 1.54) is 25.1 Å². The van der Waals surface area contributed by atoms with Crippen LogP contribution in [0.3, 0.4) is 0 Å². The van der Waals surface area contributed by atoms with Gasteiger partial charge in [-0.3, -0.25) is 14.2 Å². The minimum atomic E-state index is -1.23. The zero-order valence-corrected chi connectivity index (χ0v) is 17.7. The molecule has 0 radical (unpaired) electrons. The molecule has 0 aliphatic rings. The number of fused-ring (bicyclic) bond motifs is 1. The topological polar surface area (TPSA) is 71.3 Å². The van der Waals surface area contributed by atoms with E-state index in [4.69, 9.17) is 23.2 Å². The van der Waals surface area contributed by atoms with Crippen molar-refractivity contribution in [3.05, 3.63) is 62.8 Å². The van der Waals surface area contributed by atoms with Crippen LogP contribution >= 0.6 is 23.2 Å². The normalized spacial score (nSPS) is 11.1. The first kappa shape index (κ1) is 22.1. The van der Waals surface area contributed by atoms with Crippen molar-refractivity contribution >= 4 is 45.9 Å². The Bertz CT molecular complexity index is 1180. The summed E-state index contributed by atoms with van der Waals surface area (Å²) >= 11 is 11.9. The van der Waals surface area contributed by atoms with Crippen LogP contribution in [0.15, 0.2) is 24.3 Å². The molecule has 0 fully saturated rings. The number of benzene rings is 2. The maximum atomic E-state index is 14.8. The average Bonchev–Trinajstić information content (AvgIpc) is 2.97. The molecule has 3 aromatic rings. The second-order valence-corrected chi connectivity index (χ2v) is 7.59. The standard InChI is InChI=1S/C21H18Cl2F2N2O3/c1-3-6-26-17(28)8-12-10(2)27(16-9-15(24)20(29)19(25)18(12)16)21(30)11-4-5-13(22)14(23)7-11/h4-5,7,9,29H,3,6,8H2,1-2H3,(H,26,28). The number of nitrogens with one attached hydrogen (secondary N) is 1. The fourth-order valence-electron chi connectivity index (χ4n) is 3.28. The third-order valence-corrected chi connectivity index (χ3v) is 5.51. The van der Waals surface area contributed by atoms with Gasteiger partial charge in [0, 0.05) is 29.3 Å². The van der Waals surface area contributed by atoms with Crippen LogP contribution in [-0.4, -0.2) is 28.0 Å². The number of phenols is 1. The van der Waals surface area contributed by atoms with Gasteiger partial charge in [0.15, 0.2) is 17.4 Å². The first-order valence-electron chi connectivity index (χ1n) is 9.14. The van der Waals surface area contributed by atoms with E-state index >= 15 is 0 Å². The molecule has 0 atom stereocenters. The Morgan fingerprint density at radius 1 is 1.17 bits per heavy atom. The summed E-state index contributed by atoms with van der Waals surface area (Å²) in [7, 11) is 0. The van der Waals surface area contributed by atoms with E-state index in [1.807, 2.05) is 6.92 Å². The second-order valence-electron chi connectivity index (χ2n) is 6.78. The SMILES string of the molecule is CCCNC(=O)Cc1c(C)n(C(=O)c2ccc(Cl)c(Cl)c2)c2cc(F)c(O)c(F)c12. The van der Waals surface area contributed by atoms with Crippen molar-refractivity contribution in [1.82, 2.24) is 9.88 Å². The van der Waals surface area contributed by atoms with Crippen LogP contribution in [0.4, 0.5) is 8.78 Å². The molecule has 0 spiro atoms. The van der Waals surface area contributed by atoms with Crippen molar-refractivity contribution in [3.63, 3.8) is 0 Å². The first-order valence-corrected chi connectivity index (χ1v) is 9.90. The lowest BCUT2D eigenvalue weighted by atomic mass is 10.1. The fourth-order valence-corrected chi connectivity index (χ4v) is 3.58. The number of carbonyl (C=O) groups excluding carboxylic acids is 2. The molecular weight excluding hydrogens is 437 g/mol. The monoisotopic (exact) mass is 454 g/mol. The lowest BCUT2D eigenvalue weighted by Crippen LogP contribution is -2.26. The Hall–Kier alpha value is -2.64. The van der Waals surface area contributed by atoms with Gasteiger partial charge in [0.1, 0.15) is 0 Å². The molecule has 5 nitrogen and oxygen atoms in total. The molecular formula is C21H18Cl2F2N2O3. The van der Waals surface area contributed by atoms with E-state index in [1.54, 1.807) is 0 Å². The highest BCUT2D eigenvalue weighted by Crippen LogP contribution is 2.35. The van der Waals surface area contributed by atoms with E-state index in [0.29, 0.717) is 13.0 Å². The van der Waals surface area contributed by atoms with Crippen molar-refractivity contribution in [2.24, 2.45) is 0 Å². The van der Waals surface area contributed by atoms with Gasteiger partial charge in [0.2, 0.25) is 5.91 Å². The van der Waals surface area contributed by atoms with Crippen LogP contribution in [0.1, 0.15) is 35.0 Å². The van der Waals surface area contributed by atoms with Crippen molar-refractivity contribution in [2.75, 3.05) is 6.54 Å². The number of aromatic hydroxyl groups is 1. The number of rotatable bonds is 5. The molecule has 2 aromatic carbocycles. The van der Waals surface area contributed by atoms with Crippen molar-refractivity contribution in [2.45, 2.75) is 26.7 Å². The van der Waals surface area contributed by atoms with Crippen LogP contribution in [0, 0.1) is 18.6 Å². The second kappa shape index (κ2) is 8.62. The number of carbonyl (C=O) groups is 2. The van der Waals surface area contributed by atoms with Gasteiger partial charge in [-0.05, 0) is 37.1 Å². The summed E-state index contributed by atoms with van der Waals surface area (Å²) in [6.07, 6.45) is 0.467. The molecule has 0 aliphatic heterocycles. The Balaban J connectivity index is 2.23. The smallest absolute Gasteiger partial charge is 0.262 e. The zero-order chi connectivity index (χ0) is 22.2. The highest BCUT2D eigenvalue weighted by Gasteiger charge is 2.27. The molecule has 1 heterocycles. The molecule has 0 aliphatic carbocycles. The summed E-state index contributed by atoms with van der Waals surface area (Å²) in [5, 5.41) is 12.6. The van der Waals surface area contributed by atoms with Gasteiger partial charge >= 0.3 is 0 Å². The van der Waals surface area contributed by atoms with Crippen LogP contribution in [0.5, 0.6) is 5.75 Å². The molecule has 2 N–H and O–H groups in total. The largest absolute Gasteiger partial charge is 0.503 e. The molecule has 9 heteroatoms. The van der Waals surface area contributed by atoms with Crippen LogP contribution in [-0.2, 0) is 11.2 Å². The molecule has 158 valence electrons. The predicted octanol–water partition coefficient (Wildman–Crippen LogP) is 5.00. The summed E-state index contributed by atoms with van der Waals surface area (Å²) in [5.41, 5.74) is 0.464. The van der Waals surface area contributed by atoms with Gasteiger partial charge in [-0.25, -0.2) is 8.78 Å². The maximum absolute atomic E-state index is 14.8. The Labute approximate surface area is 181 Å². The summed E-state index contributed by atoms with van der Waals surface area (Å²) < 4.78 is 30.0. The lowest BCUT2D eigenvalue weighted by Gasteiger charge is -2.09. The first-order chi connectivity index (χ1) is 14.2. The highest BCUT2D eigenvalue weighted by molar-refractivity contribution is 6.42. The Morgan fingerprint density at radius 3 is 2.50 bits per heavy atom. The molecule has 0 bridgehead atoms. The molecule has 3 rings (SSSR count). The third-order valence-electron chi connectivity index (χ3n) is 4.77. The lowest BCUT2D eigenvalue weighted by molar-refractivity contribution is -0.120. The number of nitrogens with zero attached hydrogens (tertiary/aromatic N) is 1. The van der Waals surface area contributed by atoms with E-state index in [0.717, 1.165) is 10.6 Å². The number of hydrogen-bond donors (Lipinski definition) is 2. The third kappa shape index (κ3) is 3.87. The number of aromatic nitrogens is 1. The zero-order valence-electron chi connectivity index (χ0n) is 16.2. The van der Waals surface area contributed by atoms with Gasteiger partial charge in [0.05, 0.1) is 22.0 Å². The van der Waals surface area contributed by atoms with Crippen molar-refractivity contribution < 1.29 is 23.5 Å². The number of amides is 1. The minimum Gasteiger partial charge on any atom is -0.503 e. The molecule has 0 saturated heterocycles. The van der Waals surface area contributed by atoms with E-state index in [9.17, 15) is 23.5 Å². The van der Waals surface area contributed by atoms with Crippen molar-refractivity contribution in [3.8, 4) is 5.75 Å². The van der Waals surface area contributed by atoms with Gasteiger partial charge in [-0.2, -0.15) is 0 Å². The average molecular weight is 455 g/mol. The molecule has 30 heavy (non-hydrogen) atoms. The van der Waals surface area contributed by atoms with E-state index in [2.05, 4.69) is 5.32 Å². The Kier molecular flexibility index (Phi) is 6.33. The number of halogens is 4. The predicted molar refractivity (Wildman–Crippen MR) is 111 cm³/mol. The van der Waals surface area contributed by atoms with E-state index in [-0.39, 0.29) is 50.1 Å². The summed E-state index contributed by atoms with van der Waals surface area (Å²) in [6.45, 7) is 3.83. The number of hydrogen-bond acceptors (Lipinski definition) is 3. The van der Waals surface area contributed by atoms with Crippen LogP contribution < -0.4 is 5.32 Å². The fraction of sp³-hybridized carbons (Fsp3) is 0.238.